The summed E-state index contributed by atoms with van der Waals surface area (Å²) in [6.45, 7) is 1.30. The maximum absolute atomic E-state index is 13.6. The molecule has 1 fully saturated rings. The van der Waals surface area contributed by atoms with Gasteiger partial charge in [0.1, 0.15) is 0 Å². The number of rotatable bonds is 4. The van der Waals surface area contributed by atoms with Crippen LogP contribution in [0.4, 0.5) is 8.78 Å². The Hall–Kier alpha value is -1.63. The molecule has 1 saturated heterocycles. The van der Waals surface area contributed by atoms with Crippen molar-refractivity contribution in [1.29, 1.82) is 0 Å². The average Bonchev–Trinajstić information content (AvgIpc) is 2.65. The summed E-state index contributed by atoms with van der Waals surface area (Å²) in [5.74, 6) is -2.12. The van der Waals surface area contributed by atoms with Gasteiger partial charge in [-0.1, -0.05) is 17.7 Å². The van der Waals surface area contributed by atoms with Crippen LogP contribution >= 0.6 is 23.4 Å². The molecule has 26 heavy (non-hydrogen) atoms. The predicted octanol–water partition coefficient (Wildman–Crippen LogP) is 4.22. The van der Waals surface area contributed by atoms with Gasteiger partial charge in [-0.2, -0.15) is 0 Å². The second-order valence-corrected chi connectivity index (χ2v) is 7.49. The first-order valence-corrected chi connectivity index (χ1v) is 9.90. The Labute approximate surface area is 160 Å². The number of carbonyl (C=O) groups excluding carboxylic acids is 1. The van der Waals surface area contributed by atoms with Crippen LogP contribution in [0.2, 0.25) is 5.02 Å². The largest absolute Gasteiger partial charge is 0.347 e. The van der Waals surface area contributed by atoms with Crippen molar-refractivity contribution in [2.75, 3.05) is 19.3 Å². The van der Waals surface area contributed by atoms with E-state index in [0.717, 1.165) is 17.5 Å². The number of piperidine rings is 1. The molecule has 0 aromatic heterocycles. The number of hydrogen-bond acceptors (Lipinski definition) is 3. The second-order valence-electron chi connectivity index (χ2n) is 6.20. The summed E-state index contributed by atoms with van der Waals surface area (Å²) in [6.07, 6.45) is 2.64. The summed E-state index contributed by atoms with van der Waals surface area (Å²) in [4.78, 5) is 13.7. The van der Waals surface area contributed by atoms with Gasteiger partial charge in [0.15, 0.2) is 11.6 Å². The molecule has 7 heteroatoms. The lowest BCUT2D eigenvalue weighted by molar-refractivity contribution is 0.0924. The smallest absolute Gasteiger partial charge is 0.253 e. The second kappa shape index (κ2) is 8.37. The van der Waals surface area contributed by atoms with Crippen molar-refractivity contribution < 1.29 is 13.6 Å². The molecular formula is C19H19ClF2N2OS. The fourth-order valence-electron chi connectivity index (χ4n) is 3.20. The van der Waals surface area contributed by atoms with Gasteiger partial charge in [-0.05, 0) is 55.1 Å². The Morgan fingerprint density at radius 3 is 2.77 bits per heavy atom. The molecule has 1 amide bonds. The molecular weight excluding hydrogens is 378 g/mol. The highest BCUT2D eigenvalue weighted by Gasteiger charge is 2.29. The fourth-order valence-corrected chi connectivity index (χ4v) is 3.85. The predicted molar refractivity (Wildman–Crippen MR) is 101 cm³/mol. The van der Waals surface area contributed by atoms with Gasteiger partial charge >= 0.3 is 0 Å². The van der Waals surface area contributed by atoms with Gasteiger partial charge in [0.05, 0.1) is 10.6 Å². The molecule has 2 N–H and O–H groups in total. The van der Waals surface area contributed by atoms with Crippen LogP contribution in [0, 0.1) is 11.6 Å². The van der Waals surface area contributed by atoms with Gasteiger partial charge in [0.2, 0.25) is 0 Å². The van der Waals surface area contributed by atoms with Crippen molar-refractivity contribution in [1.82, 2.24) is 10.6 Å². The number of nitrogens with one attached hydrogen (secondary N) is 2. The zero-order valence-corrected chi connectivity index (χ0v) is 15.8. The van der Waals surface area contributed by atoms with Crippen molar-refractivity contribution >= 4 is 29.3 Å². The molecule has 2 aromatic rings. The van der Waals surface area contributed by atoms with E-state index in [-0.39, 0.29) is 17.9 Å². The topological polar surface area (TPSA) is 41.1 Å². The Bertz CT molecular complexity index is 818. The number of carbonyl (C=O) groups is 1. The molecule has 2 unspecified atom stereocenters. The number of thioether (sulfide) groups is 1. The van der Waals surface area contributed by atoms with Gasteiger partial charge < -0.3 is 10.6 Å². The molecule has 1 heterocycles. The maximum atomic E-state index is 13.6. The minimum absolute atomic E-state index is 0.0993. The highest BCUT2D eigenvalue weighted by atomic mass is 35.5. The van der Waals surface area contributed by atoms with E-state index in [1.54, 1.807) is 18.2 Å². The highest BCUT2D eigenvalue weighted by molar-refractivity contribution is 7.98. The van der Waals surface area contributed by atoms with E-state index in [1.807, 2.05) is 12.3 Å². The third kappa shape index (κ3) is 4.19. The summed E-state index contributed by atoms with van der Waals surface area (Å²) in [5, 5.41) is 6.62. The minimum atomic E-state index is -0.873. The monoisotopic (exact) mass is 396 g/mol. The van der Waals surface area contributed by atoms with Crippen LogP contribution in [-0.4, -0.2) is 31.3 Å². The average molecular weight is 397 g/mol. The highest BCUT2D eigenvalue weighted by Crippen LogP contribution is 2.28. The number of hydrogen-bond donors (Lipinski definition) is 2. The van der Waals surface area contributed by atoms with Crippen molar-refractivity contribution in [2.45, 2.75) is 23.3 Å². The molecule has 138 valence electrons. The molecule has 0 radical (unpaired) electrons. The van der Waals surface area contributed by atoms with E-state index in [1.165, 1.54) is 17.8 Å². The standard InChI is InChI=1S/C19H19ClF2N2OS/c1-26-12-3-4-15(20)14(9-12)19(25)24-18-10-23-7-6-13(18)11-2-5-16(21)17(22)8-11/h2-5,8-9,13,18,23H,6-7,10H2,1H3,(H,24,25). The number of benzene rings is 2. The van der Waals surface area contributed by atoms with Crippen LogP contribution in [0.25, 0.3) is 0 Å². The van der Waals surface area contributed by atoms with E-state index >= 15 is 0 Å². The Morgan fingerprint density at radius 1 is 1.23 bits per heavy atom. The van der Waals surface area contributed by atoms with E-state index < -0.39 is 11.6 Å². The quantitative estimate of drug-likeness (QED) is 0.760. The molecule has 0 saturated carbocycles. The van der Waals surface area contributed by atoms with Crippen molar-refractivity contribution in [2.24, 2.45) is 0 Å². The van der Waals surface area contributed by atoms with Crippen molar-refractivity contribution in [3.8, 4) is 0 Å². The van der Waals surface area contributed by atoms with Gasteiger partial charge in [-0.3, -0.25) is 4.79 Å². The summed E-state index contributed by atoms with van der Waals surface area (Å²) >= 11 is 7.71. The van der Waals surface area contributed by atoms with Crippen LogP contribution in [0.3, 0.4) is 0 Å². The molecule has 2 aromatic carbocycles. The lowest BCUT2D eigenvalue weighted by Crippen LogP contribution is -2.50. The summed E-state index contributed by atoms with van der Waals surface area (Å²) in [6, 6.07) is 9.00. The van der Waals surface area contributed by atoms with Crippen molar-refractivity contribution in [3.05, 3.63) is 64.2 Å². The van der Waals surface area contributed by atoms with Crippen LogP contribution in [-0.2, 0) is 0 Å². The molecule has 0 spiro atoms. The molecule has 3 rings (SSSR count). The SMILES string of the molecule is CSc1ccc(Cl)c(C(=O)NC2CNCCC2c2ccc(F)c(F)c2)c1. The zero-order chi connectivity index (χ0) is 18.7. The normalized spacial score (nSPS) is 20.0. The Morgan fingerprint density at radius 2 is 2.04 bits per heavy atom. The summed E-state index contributed by atoms with van der Waals surface area (Å²) < 4.78 is 26.9. The molecule has 2 atom stereocenters. The number of halogens is 3. The first kappa shape index (κ1) is 19.1. The lowest BCUT2D eigenvalue weighted by atomic mass is 9.85. The van der Waals surface area contributed by atoms with Crippen LogP contribution in [0.15, 0.2) is 41.3 Å². The van der Waals surface area contributed by atoms with Crippen molar-refractivity contribution in [3.63, 3.8) is 0 Å². The number of amides is 1. The first-order chi connectivity index (χ1) is 12.5. The zero-order valence-electron chi connectivity index (χ0n) is 14.2. The summed E-state index contributed by atoms with van der Waals surface area (Å²) in [7, 11) is 0. The van der Waals surface area contributed by atoms with E-state index in [2.05, 4.69) is 10.6 Å². The van der Waals surface area contributed by atoms with E-state index in [0.29, 0.717) is 29.1 Å². The first-order valence-electron chi connectivity index (χ1n) is 8.29. The minimum Gasteiger partial charge on any atom is -0.347 e. The summed E-state index contributed by atoms with van der Waals surface area (Å²) in [5.41, 5.74) is 1.09. The Balaban J connectivity index is 1.82. The van der Waals surface area contributed by atoms with E-state index in [9.17, 15) is 13.6 Å². The third-order valence-electron chi connectivity index (χ3n) is 4.59. The van der Waals surface area contributed by atoms with Gasteiger partial charge in [-0.25, -0.2) is 8.78 Å². The Kier molecular flexibility index (Phi) is 6.16. The van der Waals surface area contributed by atoms with Gasteiger partial charge in [-0.15, -0.1) is 11.8 Å². The van der Waals surface area contributed by atoms with Crippen LogP contribution < -0.4 is 10.6 Å². The fraction of sp³-hybridized carbons (Fsp3) is 0.316. The van der Waals surface area contributed by atoms with Crippen LogP contribution in [0.1, 0.15) is 28.3 Å². The molecule has 1 aliphatic rings. The third-order valence-corrected chi connectivity index (χ3v) is 5.64. The van der Waals surface area contributed by atoms with Gasteiger partial charge in [0.25, 0.3) is 5.91 Å². The molecule has 0 bridgehead atoms. The molecule has 0 aliphatic carbocycles. The maximum Gasteiger partial charge on any atom is 0.253 e. The van der Waals surface area contributed by atoms with Crippen LogP contribution in [0.5, 0.6) is 0 Å². The lowest BCUT2D eigenvalue weighted by Gasteiger charge is -2.33. The molecule has 3 nitrogen and oxygen atoms in total. The molecule has 1 aliphatic heterocycles. The van der Waals surface area contributed by atoms with Gasteiger partial charge in [0, 0.05) is 23.4 Å². The van der Waals surface area contributed by atoms with E-state index in [4.69, 9.17) is 11.6 Å².